The molecule has 0 spiro atoms. The summed E-state index contributed by atoms with van der Waals surface area (Å²) in [6.07, 6.45) is 6.58. The van der Waals surface area contributed by atoms with Gasteiger partial charge in [0.25, 0.3) is 0 Å². The fraction of sp³-hybridized carbons (Fsp3) is 0.600. The molecular formula is C15H25N3O3S. The monoisotopic (exact) mass is 327 g/mol. The molecule has 1 rings (SSSR count). The van der Waals surface area contributed by atoms with Gasteiger partial charge in [0.2, 0.25) is 15.9 Å². The summed E-state index contributed by atoms with van der Waals surface area (Å²) in [4.78, 5) is 17.6. The topological polar surface area (TPSA) is 70.6 Å². The lowest BCUT2D eigenvalue weighted by atomic mass is 10.2. The molecule has 0 unspecified atom stereocenters. The van der Waals surface area contributed by atoms with E-state index in [0.717, 1.165) is 18.4 Å². The van der Waals surface area contributed by atoms with E-state index >= 15 is 0 Å². The van der Waals surface area contributed by atoms with Crippen LogP contribution in [0, 0.1) is 0 Å². The summed E-state index contributed by atoms with van der Waals surface area (Å²) in [5.74, 6) is -0.0307. The van der Waals surface area contributed by atoms with Crippen molar-refractivity contribution in [2.45, 2.75) is 32.7 Å². The molecule has 0 fully saturated rings. The molecule has 1 aromatic heterocycles. The number of pyridine rings is 1. The average molecular weight is 327 g/mol. The van der Waals surface area contributed by atoms with Gasteiger partial charge in [-0.05, 0) is 24.1 Å². The SMILES string of the molecule is CCCCN(C)C(=O)CCN(Cc1ccncc1)S(C)(=O)=O. The van der Waals surface area contributed by atoms with Crippen molar-refractivity contribution >= 4 is 15.9 Å². The van der Waals surface area contributed by atoms with Crippen LogP contribution in [0.25, 0.3) is 0 Å². The second-order valence-corrected chi connectivity index (χ2v) is 7.35. The van der Waals surface area contributed by atoms with Crippen LogP contribution in [0.5, 0.6) is 0 Å². The molecule has 7 heteroatoms. The number of aromatic nitrogens is 1. The van der Waals surface area contributed by atoms with Crippen LogP contribution in [0.15, 0.2) is 24.5 Å². The number of hydrogen-bond acceptors (Lipinski definition) is 4. The number of carbonyl (C=O) groups excluding carboxylic acids is 1. The van der Waals surface area contributed by atoms with E-state index in [0.29, 0.717) is 6.54 Å². The Morgan fingerprint density at radius 2 is 1.86 bits per heavy atom. The Labute approximate surface area is 133 Å². The third-order valence-electron chi connectivity index (χ3n) is 3.43. The predicted molar refractivity (Wildman–Crippen MR) is 86.7 cm³/mol. The van der Waals surface area contributed by atoms with Crippen LogP contribution in [0.2, 0.25) is 0 Å². The second kappa shape index (κ2) is 8.85. The van der Waals surface area contributed by atoms with Gasteiger partial charge < -0.3 is 4.90 Å². The van der Waals surface area contributed by atoms with Crippen LogP contribution in [0.1, 0.15) is 31.7 Å². The molecular weight excluding hydrogens is 302 g/mol. The van der Waals surface area contributed by atoms with Crippen LogP contribution in [0.4, 0.5) is 0 Å². The number of sulfonamides is 1. The lowest BCUT2D eigenvalue weighted by molar-refractivity contribution is -0.130. The molecule has 1 aromatic rings. The van der Waals surface area contributed by atoms with Crippen molar-refractivity contribution in [3.8, 4) is 0 Å². The molecule has 0 atom stereocenters. The molecule has 0 aromatic carbocycles. The first kappa shape index (κ1) is 18.6. The van der Waals surface area contributed by atoms with Gasteiger partial charge in [0, 0.05) is 45.5 Å². The van der Waals surface area contributed by atoms with Gasteiger partial charge in [-0.3, -0.25) is 9.78 Å². The van der Waals surface area contributed by atoms with Gasteiger partial charge in [-0.15, -0.1) is 0 Å². The van der Waals surface area contributed by atoms with E-state index in [1.54, 1.807) is 36.5 Å². The van der Waals surface area contributed by atoms with E-state index in [2.05, 4.69) is 11.9 Å². The van der Waals surface area contributed by atoms with Gasteiger partial charge in [-0.2, -0.15) is 4.31 Å². The standard InChI is InChI=1S/C15H25N3O3S/c1-4-5-11-17(2)15(19)8-12-18(22(3,20)21)13-14-6-9-16-10-7-14/h6-7,9-10H,4-5,8,11-13H2,1-3H3. The quantitative estimate of drug-likeness (QED) is 0.689. The van der Waals surface area contributed by atoms with Crippen LogP contribution < -0.4 is 0 Å². The molecule has 0 aliphatic rings. The molecule has 22 heavy (non-hydrogen) atoms. The lowest BCUT2D eigenvalue weighted by Gasteiger charge is -2.22. The summed E-state index contributed by atoms with van der Waals surface area (Å²) in [5, 5.41) is 0. The smallest absolute Gasteiger partial charge is 0.223 e. The number of amides is 1. The highest BCUT2D eigenvalue weighted by Gasteiger charge is 2.19. The minimum atomic E-state index is -3.36. The molecule has 0 saturated heterocycles. The lowest BCUT2D eigenvalue weighted by Crippen LogP contribution is -2.35. The highest BCUT2D eigenvalue weighted by molar-refractivity contribution is 7.88. The largest absolute Gasteiger partial charge is 0.346 e. The number of carbonyl (C=O) groups is 1. The Kier molecular flexibility index (Phi) is 7.47. The Morgan fingerprint density at radius 1 is 1.23 bits per heavy atom. The molecule has 6 nitrogen and oxygen atoms in total. The first-order valence-electron chi connectivity index (χ1n) is 7.42. The normalized spacial score (nSPS) is 11.6. The molecule has 0 bridgehead atoms. The molecule has 0 N–H and O–H groups in total. The molecule has 0 saturated carbocycles. The molecule has 124 valence electrons. The number of hydrogen-bond donors (Lipinski definition) is 0. The van der Waals surface area contributed by atoms with Crippen LogP contribution >= 0.6 is 0 Å². The molecule has 0 aliphatic carbocycles. The highest BCUT2D eigenvalue weighted by Crippen LogP contribution is 2.09. The molecule has 1 amide bonds. The summed E-state index contributed by atoms with van der Waals surface area (Å²) >= 11 is 0. The van der Waals surface area contributed by atoms with Crippen molar-refractivity contribution in [3.05, 3.63) is 30.1 Å². The summed E-state index contributed by atoms with van der Waals surface area (Å²) in [6, 6.07) is 3.54. The van der Waals surface area contributed by atoms with Gasteiger partial charge in [-0.1, -0.05) is 13.3 Å². The molecule has 0 radical (unpaired) electrons. The van der Waals surface area contributed by atoms with E-state index < -0.39 is 10.0 Å². The van der Waals surface area contributed by atoms with Crippen molar-refractivity contribution in [1.29, 1.82) is 0 Å². The third kappa shape index (κ3) is 6.53. The Morgan fingerprint density at radius 3 is 2.41 bits per heavy atom. The molecule has 0 aliphatic heterocycles. The van der Waals surface area contributed by atoms with E-state index in [1.807, 2.05) is 0 Å². The van der Waals surface area contributed by atoms with Crippen molar-refractivity contribution in [2.75, 3.05) is 26.4 Å². The van der Waals surface area contributed by atoms with E-state index in [-0.39, 0.29) is 25.4 Å². The zero-order valence-corrected chi connectivity index (χ0v) is 14.3. The zero-order chi connectivity index (χ0) is 16.6. The van der Waals surface area contributed by atoms with Crippen molar-refractivity contribution in [3.63, 3.8) is 0 Å². The van der Waals surface area contributed by atoms with Crippen LogP contribution in [0.3, 0.4) is 0 Å². The third-order valence-corrected chi connectivity index (χ3v) is 4.67. The Balaban J connectivity index is 2.62. The number of nitrogens with zero attached hydrogens (tertiary/aromatic N) is 3. The second-order valence-electron chi connectivity index (χ2n) is 5.37. The summed E-state index contributed by atoms with van der Waals surface area (Å²) in [6.45, 7) is 3.22. The van der Waals surface area contributed by atoms with E-state index in [4.69, 9.17) is 0 Å². The number of rotatable bonds is 9. The zero-order valence-electron chi connectivity index (χ0n) is 13.5. The first-order chi connectivity index (χ1) is 10.3. The molecule has 1 heterocycles. The maximum Gasteiger partial charge on any atom is 0.223 e. The van der Waals surface area contributed by atoms with Gasteiger partial charge >= 0.3 is 0 Å². The maximum absolute atomic E-state index is 12.0. The predicted octanol–water partition coefficient (Wildman–Crippen LogP) is 1.49. The average Bonchev–Trinajstić information content (AvgIpc) is 2.48. The Bertz CT molecular complexity index is 561. The fourth-order valence-corrected chi connectivity index (χ4v) is 2.79. The van der Waals surface area contributed by atoms with Crippen molar-refractivity contribution in [2.24, 2.45) is 0 Å². The van der Waals surface area contributed by atoms with Gasteiger partial charge in [0.15, 0.2) is 0 Å². The van der Waals surface area contributed by atoms with E-state index in [1.165, 1.54) is 10.6 Å². The van der Waals surface area contributed by atoms with Crippen LogP contribution in [-0.4, -0.2) is 54.9 Å². The minimum Gasteiger partial charge on any atom is -0.346 e. The van der Waals surface area contributed by atoms with Gasteiger partial charge in [-0.25, -0.2) is 8.42 Å². The first-order valence-corrected chi connectivity index (χ1v) is 9.27. The van der Waals surface area contributed by atoms with Crippen molar-refractivity contribution in [1.82, 2.24) is 14.2 Å². The van der Waals surface area contributed by atoms with Crippen LogP contribution in [-0.2, 0) is 21.4 Å². The highest BCUT2D eigenvalue weighted by atomic mass is 32.2. The summed E-state index contributed by atoms with van der Waals surface area (Å²) < 4.78 is 25.1. The number of unbranched alkanes of at least 4 members (excludes halogenated alkanes) is 1. The summed E-state index contributed by atoms with van der Waals surface area (Å²) in [7, 11) is -1.60. The van der Waals surface area contributed by atoms with Gasteiger partial charge in [0.05, 0.1) is 6.26 Å². The summed E-state index contributed by atoms with van der Waals surface area (Å²) in [5.41, 5.74) is 0.854. The fourth-order valence-electron chi connectivity index (χ4n) is 1.99. The minimum absolute atomic E-state index is 0.0307. The van der Waals surface area contributed by atoms with Gasteiger partial charge in [0.1, 0.15) is 0 Å². The Hall–Kier alpha value is -1.47. The van der Waals surface area contributed by atoms with E-state index in [9.17, 15) is 13.2 Å². The van der Waals surface area contributed by atoms with Crippen molar-refractivity contribution < 1.29 is 13.2 Å². The maximum atomic E-state index is 12.0.